The Morgan fingerprint density at radius 3 is 2.45 bits per heavy atom. The lowest BCUT2D eigenvalue weighted by Crippen LogP contribution is -2.29. The van der Waals surface area contributed by atoms with Gasteiger partial charge in [0.1, 0.15) is 0 Å². The van der Waals surface area contributed by atoms with Crippen molar-refractivity contribution >= 4 is 11.7 Å². The van der Waals surface area contributed by atoms with Crippen LogP contribution in [0, 0.1) is 11.3 Å². The number of aromatic carboxylic acids is 1. The number of hydrogen-bond donors (Lipinski definition) is 2. The van der Waals surface area contributed by atoms with Gasteiger partial charge in [0.25, 0.3) is 0 Å². The molecule has 2 N–H and O–H groups in total. The Morgan fingerprint density at radius 2 is 1.95 bits per heavy atom. The number of hydrogen-bond acceptors (Lipinski definition) is 4. The molecule has 0 aromatic heterocycles. The average Bonchev–Trinajstić information content (AvgIpc) is 2.53. The second-order valence-electron chi connectivity index (χ2n) is 6.66. The highest BCUT2D eigenvalue weighted by Crippen LogP contribution is 2.39. The lowest BCUT2D eigenvalue weighted by atomic mass is 9.71. The number of hydrazine groups is 1. The molecule has 0 heterocycles. The normalized spacial score (nSPS) is 18.5. The molecule has 0 aliphatic heterocycles. The number of carboxylic acids is 1. The summed E-state index contributed by atoms with van der Waals surface area (Å²) in [7, 11) is 0. The van der Waals surface area contributed by atoms with Gasteiger partial charge in [-0.2, -0.15) is 0 Å². The predicted molar refractivity (Wildman–Crippen MR) is 87.0 cm³/mol. The number of carbonyl (C=O) groups excluding carboxylic acids is 1. The van der Waals surface area contributed by atoms with E-state index in [9.17, 15) is 9.90 Å². The first-order valence-corrected chi connectivity index (χ1v) is 7.95. The summed E-state index contributed by atoms with van der Waals surface area (Å²) >= 11 is 0. The van der Waals surface area contributed by atoms with E-state index in [1.54, 1.807) is 12.1 Å². The number of nitrogens with one attached hydrogen (secondary N) is 2. The third-order valence-electron chi connectivity index (χ3n) is 4.92. The van der Waals surface area contributed by atoms with Crippen LogP contribution in [-0.4, -0.2) is 5.97 Å². The van der Waals surface area contributed by atoms with Gasteiger partial charge in [-0.15, -0.1) is 0 Å². The molecule has 0 amide bonds. The van der Waals surface area contributed by atoms with Crippen LogP contribution in [0.1, 0.15) is 56.8 Å². The van der Waals surface area contributed by atoms with Gasteiger partial charge in [-0.1, -0.05) is 45.4 Å². The molecule has 1 aliphatic carbocycles. The number of rotatable bonds is 6. The van der Waals surface area contributed by atoms with Gasteiger partial charge in [0.05, 0.1) is 11.7 Å². The maximum Gasteiger partial charge on any atom is 0.0715 e. The summed E-state index contributed by atoms with van der Waals surface area (Å²) in [5, 5.41) is 10.7. The summed E-state index contributed by atoms with van der Waals surface area (Å²) in [6.45, 7) is 6.96. The topological polar surface area (TPSA) is 64.2 Å². The Morgan fingerprint density at radius 1 is 1.27 bits per heavy atom. The molecule has 0 saturated carbocycles. The summed E-state index contributed by atoms with van der Waals surface area (Å²) in [4.78, 5) is 10.7. The van der Waals surface area contributed by atoms with Gasteiger partial charge < -0.3 is 20.8 Å². The van der Waals surface area contributed by atoms with Crippen molar-refractivity contribution in [2.75, 3.05) is 5.43 Å². The minimum atomic E-state index is -1.15. The Labute approximate surface area is 132 Å². The van der Waals surface area contributed by atoms with Crippen molar-refractivity contribution in [3.05, 3.63) is 41.6 Å². The van der Waals surface area contributed by atoms with Gasteiger partial charge in [-0.3, -0.25) is 0 Å². The summed E-state index contributed by atoms with van der Waals surface area (Å²) in [6.07, 6.45) is 6.82. The van der Waals surface area contributed by atoms with Crippen molar-refractivity contribution in [1.29, 1.82) is 0 Å². The first-order chi connectivity index (χ1) is 10.4. The highest BCUT2D eigenvalue weighted by molar-refractivity contribution is 5.86. The highest BCUT2D eigenvalue weighted by Gasteiger charge is 2.28. The van der Waals surface area contributed by atoms with Gasteiger partial charge in [0.2, 0.25) is 0 Å². The molecule has 0 spiro atoms. The van der Waals surface area contributed by atoms with Crippen LogP contribution in [0.25, 0.3) is 0 Å². The van der Waals surface area contributed by atoms with E-state index < -0.39 is 5.97 Å². The first-order valence-electron chi connectivity index (χ1n) is 7.95. The fourth-order valence-corrected chi connectivity index (χ4v) is 2.79. The summed E-state index contributed by atoms with van der Waals surface area (Å²) in [6, 6.07) is 6.53. The van der Waals surface area contributed by atoms with Crippen LogP contribution < -0.4 is 16.0 Å². The van der Waals surface area contributed by atoms with Crippen LogP contribution >= 0.6 is 0 Å². The molecule has 2 rings (SSSR count). The Kier molecular flexibility index (Phi) is 5.11. The van der Waals surface area contributed by atoms with Crippen LogP contribution in [0.15, 0.2) is 36.0 Å². The largest absolute Gasteiger partial charge is 0.545 e. The van der Waals surface area contributed by atoms with E-state index in [1.165, 1.54) is 30.7 Å². The number of benzene rings is 1. The van der Waals surface area contributed by atoms with Crippen LogP contribution in [0.4, 0.5) is 5.69 Å². The fourth-order valence-electron chi connectivity index (χ4n) is 2.79. The number of allylic oxidation sites excluding steroid dienone is 2. The molecule has 0 saturated heterocycles. The van der Waals surface area contributed by atoms with Gasteiger partial charge in [-0.25, -0.2) is 0 Å². The quantitative estimate of drug-likeness (QED) is 0.793. The maximum absolute atomic E-state index is 10.7. The zero-order valence-electron chi connectivity index (χ0n) is 13.6. The van der Waals surface area contributed by atoms with E-state index in [-0.39, 0.29) is 5.56 Å². The molecule has 1 aromatic carbocycles. The van der Waals surface area contributed by atoms with Crippen LogP contribution in [0.5, 0.6) is 0 Å². The van der Waals surface area contributed by atoms with E-state index in [4.69, 9.17) is 0 Å². The first kappa shape index (κ1) is 16.4. The van der Waals surface area contributed by atoms with Crippen molar-refractivity contribution < 1.29 is 9.90 Å². The van der Waals surface area contributed by atoms with E-state index in [0.29, 0.717) is 5.41 Å². The fraction of sp³-hybridized carbons (Fsp3) is 0.500. The molecule has 1 aliphatic rings. The minimum Gasteiger partial charge on any atom is -0.545 e. The number of carboxylic acid groups (broad SMARTS) is 1. The van der Waals surface area contributed by atoms with E-state index in [1.807, 2.05) is 0 Å². The van der Waals surface area contributed by atoms with Crippen molar-refractivity contribution in [3.8, 4) is 0 Å². The zero-order chi connectivity index (χ0) is 16.2. The second kappa shape index (κ2) is 6.86. The molecular formula is C18H25N2O2-. The van der Waals surface area contributed by atoms with Crippen LogP contribution in [0.2, 0.25) is 0 Å². The molecule has 120 valence electrons. The van der Waals surface area contributed by atoms with Crippen molar-refractivity contribution in [1.82, 2.24) is 5.43 Å². The molecule has 1 aromatic rings. The van der Waals surface area contributed by atoms with Crippen molar-refractivity contribution in [3.63, 3.8) is 0 Å². The molecule has 0 bridgehead atoms. The molecule has 4 nitrogen and oxygen atoms in total. The Hall–Kier alpha value is -1.97. The third kappa shape index (κ3) is 4.03. The van der Waals surface area contributed by atoms with Gasteiger partial charge in [0, 0.05) is 5.70 Å². The van der Waals surface area contributed by atoms with Crippen LogP contribution in [0.3, 0.4) is 0 Å². The van der Waals surface area contributed by atoms with Crippen molar-refractivity contribution in [2.24, 2.45) is 11.3 Å². The van der Waals surface area contributed by atoms with Gasteiger partial charge in [0.15, 0.2) is 0 Å². The van der Waals surface area contributed by atoms with E-state index in [0.717, 1.165) is 24.4 Å². The molecule has 1 unspecified atom stereocenters. The second-order valence-corrected chi connectivity index (χ2v) is 6.66. The Bertz CT molecular complexity index is 547. The molecule has 0 radical (unpaired) electrons. The smallest absolute Gasteiger partial charge is 0.0715 e. The highest BCUT2D eigenvalue weighted by atomic mass is 16.4. The average molecular weight is 301 g/mol. The maximum atomic E-state index is 10.7. The van der Waals surface area contributed by atoms with Crippen molar-refractivity contribution in [2.45, 2.75) is 46.5 Å². The van der Waals surface area contributed by atoms with Crippen LogP contribution in [-0.2, 0) is 0 Å². The lowest BCUT2D eigenvalue weighted by Gasteiger charge is -2.35. The standard InChI is InChI=1S/C18H26N2O2/c1-4-18(2,3)14-7-11-16(12-8-14)20-19-15-9-5-13(6-10-15)17(21)22/h5-6,9-11,14,19-20H,4,7-8,12H2,1-3H3,(H,21,22)/p-1. The van der Waals surface area contributed by atoms with E-state index in [2.05, 4.69) is 37.7 Å². The SMILES string of the molecule is CCC(C)(C)C1CC=C(NNc2ccc(C(=O)[O-])cc2)CC1. The molecule has 0 fully saturated rings. The zero-order valence-corrected chi connectivity index (χ0v) is 13.6. The van der Waals surface area contributed by atoms with E-state index >= 15 is 0 Å². The number of anilines is 1. The summed E-state index contributed by atoms with van der Waals surface area (Å²) in [5.41, 5.74) is 8.96. The molecular weight excluding hydrogens is 276 g/mol. The van der Waals surface area contributed by atoms with Gasteiger partial charge in [-0.05, 0) is 48.3 Å². The molecule has 4 heteroatoms. The minimum absolute atomic E-state index is 0.187. The number of carbonyl (C=O) groups is 1. The molecule has 22 heavy (non-hydrogen) atoms. The lowest BCUT2D eigenvalue weighted by molar-refractivity contribution is -0.255. The summed E-state index contributed by atoms with van der Waals surface area (Å²) < 4.78 is 0. The predicted octanol–water partition coefficient (Wildman–Crippen LogP) is 3.09. The Balaban J connectivity index is 1.86. The monoisotopic (exact) mass is 301 g/mol. The summed E-state index contributed by atoms with van der Waals surface area (Å²) in [5.74, 6) is -0.413. The third-order valence-corrected chi connectivity index (χ3v) is 4.92. The molecule has 1 atom stereocenters. The van der Waals surface area contributed by atoms with Gasteiger partial charge >= 0.3 is 0 Å².